The van der Waals surface area contributed by atoms with E-state index in [4.69, 9.17) is 4.74 Å². The number of hydrogen-bond donors (Lipinski definition) is 2. The van der Waals surface area contributed by atoms with Crippen molar-refractivity contribution in [1.29, 1.82) is 0 Å². The third-order valence-corrected chi connectivity index (χ3v) is 4.53. The van der Waals surface area contributed by atoms with Crippen LogP contribution in [0.1, 0.15) is 38.8 Å². The molecule has 6 nitrogen and oxygen atoms in total. The van der Waals surface area contributed by atoms with Crippen LogP contribution in [0.5, 0.6) is 5.75 Å². The third kappa shape index (κ3) is 5.32. The fourth-order valence-corrected chi connectivity index (χ4v) is 2.79. The maximum Gasteiger partial charge on any atom is 0.308 e. The predicted molar refractivity (Wildman–Crippen MR) is 116 cm³/mol. The lowest BCUT2D eigenvalue weighted by atomic mass is 10.1. The Morgan fingerprint density at radius 1 is 0.700 bits per heavy atom. The van der Waals surface area contributed by atoms with Gasteiger partial charge in [0.05, 0.1) is 0 Å². The minimum absolute atomic E-state index is 0.197. The zero-order valence-electron chi connectivity index (χ0n) is 17.0. The van der Waals surface area contributed by atoms with Crippen LogP contribution >= 0.6 is 0 Å². The van der Waals surface area contributed by atoms with Crippen molar-refractivity contribution in [3.63, 3.8) is 0 Å². The molecule has 30 heavy (non-hydrogen) atoms. The number of amides is 2. The van der Waals surface area contributed by atoms with E-state index in [-0.39, 0.29) is 11.8 Å². The number of carbonyl (C=O) groups excluding carboxylic acids is 3. The number of aryl methyl sites for hydroxylation is 2. The number of benzene rings is 3. The Hall–Kier alpha value is -3.93. The molecule has 2 amide bonds. The maximum atomic E-state index is 12.4. The largest absolute Gasteiger partial charge is 0.427 e. The Labute approximate surface area is 174 Å². The lowest BCUT2D eigenvalue weighted by Crippen LogP contribution is -2.13. The fraction of sp³-hybridized carbons (Fsp3) is 0.125. The number of anilines is 2. The highest BCUT2D eigenvalue weighted by atomic mass is 16.5. The molecule has 0 saturated heterocycles. The molecule has 0 heterocycles. The summed E-state index contributed by atoms with van der Waals surface area (Å²) in [6, 6.07) is 18.7. The third-order valence-electron chi connectivity index (χ3n) is 4.53. The van der Waals surface area contributed by atoms with Gasteiger partial charge in [-0.1, -0.05) is 12.1 Å². The number of hydrogen-bond acceptors (Lipinski definition) is 4. The SMILES string of the molecule is CC(=O)Oc1cccc(C(=O)Nc2ccc(NC(=O)c3ccc(C)c(C)c3)cc2)c1. The molecule has 6 heteroatoms. The van der Waals surface area contributed by atoms with Gasteiger partial charge in [-0.15, -0.1) is 0 Å². The lowest BCUT2D eigenvalue weighted by Gasteiger charge is -2.09. The molecule has 3 aromatic carbocycles. The minimum Gasteiger partial charge on any atom is -0.427 e. The second-order valence-corrected chi connectivity index (χ2v) is 6.91. The zero-order valence-corrected chi connectivity index (χ0v) is 17.0. The molecular formula is C24H22N2O4. The Balaban J connectivity index is 1.64. The molecular weight excluding hydrogens is 380 g/mol. The van der Waals surface area contributed by atoms with Gasteiger partial charge < -0.3 is 15.4 Å². The molecule has 0 spiro atoms. The van der Waals surface area contributed by atoms with Gasteiger partial charge >= 0.3 is 5.97 Å². The standard InChI is InChI=1S/C24H22N2O4/c1-15-7-8-19(13-16(15)2)24(29)26-21-11-9-20(10-12-21)25-23(28)18-5-4-6-22(14-18)30-17(3)27/h4-14H,1-3H3,(H,25,28)(H,26,29). The van der Waals surface area contributed by atoms with E-state index in [2.05, 4.69) is 10.6 Å². The summed E-state index contributed by atoms with van der Waals surface area (Å²) in [7, 11) is 0. The zero-order chi connectivity index (χ0) is 21.7. The Bertz CT molecular complexity index is 1100. The summed E-state index contributed by atoms with van der Waals surface area (Å²) in [4.78, 5) is 35.9. The highest BCUT2D eigenvalue weighted by Crippen LogP contribution is 2.18. The van der Waals surface area contributed by atoms with Crippen LogP contribution in [-0.2, 0) is 4.79 Å². The van der Waals surface area contributed by atoms with Crippen LogP contribution in [0.15, 0.2) is 66.7 Å². The first-order chi connectivity index (χ1) is 14.3. The Kier molecular flexibility index (Phi) is 6.27. The van der Waals surface area contributed by atoms with Crippen molar-refractivity contribution < 1.29 is 19.1 Å². The van der Waals surface area contributed by atoms with Crippen LogP contribution in [0.3, 0.4) is 0 Å². The van der Waals surface area contributed by atoms with Crippen molar-refractivity contribution in [1.82, 2.24) is 0 Å². The predicted octanol–water partition coefficient (Wildman–Crippen LogP) is 4.73. The molecule has 0 bridgehead atoms. The summed E-state index contributed by atoms with van der Waals surface area (Å²) in [6.07, 6.45) is 0. The van der Waals surface area contributed by atoms with E-state index in [1.54, 1.807) is 48.5 Å². The van der Waals surface area contributed by atoms with Crippen molar-refractivity contribution >= 4 is 29.2 Å². The highest BCUT2D eigenvalue weighted by molar-refractivity contribution is 6.06. The van der Waals surface area contributed by atoms with Gasteiger partial charge in [0.25, 0.3) is 11.8 Å². The minimum atomic E-state index is -0.453. The van der Waals surface area contributed by atoms with E-state index in [0.717, 1.165) is 11.1 Å². The summed E-state index contributed by atoms with van der Waals surface area (Å²) in [6.45, 7) is 5.26. The van der Waals surface area contributed by atoms with E-state index in [1.807, 2.05) is 26.0 Å². The van der Waals surface area contributed by atoms with Crippen LogP contribution < -0.4 is 15.4 Å². The van der Waals surface area contributed by atoms with Gasteiger partial charge in [0.15, 0.2) is 0 Å². The fourth-order valence-electron chi connectivity index (χ4n) is 2.79. The Morgan fingerprint density at radius 2 is 1.27 bits per heavy atom. The number of esters is 1. The van der Waals surface area contributed by atoms with Gasteiger partial charge in [0, 0.05) is 29.4 Å². The average molecular weight is 402 g/mol. The highest BCUT2D eigenvalue weighted by Gasteiger charge is 2.10. The molecule has 0 saturated carbocycles. The number of ether oxygens (including phenoxy) is 1. The first kappa shape index (κ1) is 20.8. The molecule has 2 N–H and O–H groups in total. The van der Waals surface area contributed by atoms with Crippen LogP contribution in [0.25, 0.3) is 0 Å². The molecule has 0 unspecified atom stereocenters. The van der Waals surface area contributed by atoms with Gasteiger partial charge in [-0.05, 0) is 79.6 Å². The molecule has 0 fully saturated rings. The molecule has 0 atom stereocenters. The molecule has 3 rings (SSSR count). The Morgan fingerprint density at radius 3 is 1.80 bits per heavy atom. The summed E-state index contributed by atoms with van der Waals surface area (Å²) in [5.74, 6) is -0.682. The normalized spacial score (nSPS) is 10.2. The van der Waals surface area contributed by atoms with Crippen LogP contribution in [0, 0.1) is 13.8 Å². The molecule has 152 valence electrons. The smallest absolute Gasteiger partial charge is 0.308 e. The quantitative estimate of drug-likeness (QED) is 0.477. The van der Waals surface area contributed by atoms with Crippen LogP contribution in [-0.4, -0.2) is 17.8 Å². The molecule has 0 radical (unpaired) electrons. The van der Waals surface area contributed by atoms with Crippen LogP contribution in [0.2, 0.25) is 0 Å². The molecule has 0 aliphatic heterocycles. The van der Waals surface area contributed by atoms with Crippen molar-refractivity contribution in [2.75, 3.05) is 10.6 Å². The van der Waals surface area contributed by atoms with Crippen molar-refractivity contribution in [3.8, 4) is 5.75 Å². The second-order valence-electron chi connectivity index (χ2n) is 6.91. The number of carbonyl (C=O) groups is 3. The number of rotatable bonds is 5. The van der Waals surface area contributed by atoms with E-state index < -0.39 is 5.97 Å². The van der Waals surface area contributed by atoms with Gasteiger partial charge in [-0.25, -0.2) is 0 Å². The van der Waals surface area contributed by atoms with E-state index in [1.165, 1.54) is 13.0 Å². The van der Waals surface area contributed by atoms with Crippen molar-refractivity contribution in [3.05, 3.63) is 89.0 Å². The molecule has 0 aliphatic rings. The molecule has 3 aromatic rings. The summed E-state index contributed by atoms with van der Waals surface area (Å²) in [5.41, 5.74) is 4.32. The second kappa shape index (κ2) is 9.05. The monoisotopic (exact) mass is 402 g/mol. The first-order valence-electron chi connectivity index (χ1n) is 9.40. The van der Waals surface area contributed by atoms with Gasteiger partial charge in [0.1, 0.15) is 5.75 Å². The van der Waals surface area contributed by atoms with E-state index >= 15 is 0 Å². The van der Waals surface area contributed by atoms with Gasteiger partial charge in [0.2, 0.25) is 0 Å². The lowest BCUT2D eigenvalue weighted by molar-refractivity contribution is -0.131. The summed E-state index contributed by atoms with van der Waals surface area (Å²) < 4.78 is 5.00. The number of nitrogens with one attached hydrogen (secondary N) is 2. The van der Waals surface area contributed by atoms with E-state index in [9.17, 15) is 14.4 Å². The first-order valence-corrected chi connectivity index (χ1v) is 9.40. The van der Waals surface area contributed by atoms with Crippen molar-refractivity contribution in [2.24, 2.45) is 0 Å². The maximum absolute atomic E-state index is 12.4. The molecule has 0 aromatic heterocycles. The molecule has 0 aliphatic carbocycles. The summed E-state index contributed by atoms with van der Waals surface area (Å²) in [5, 5.41) is 5.62. The van der Waals surface area contributed by atoms with Gasteiger partial charge in [-0.2, -0.15) is 0 Å². The summed E-state index contributed by atoms with van der Waals surface area (Å²) >= 11 is 0. The van der Waals surface area contributed by atoms with Crippen molar-refractivity contribution in [2.45, 2.75) is 20.8 Å². The average Bonchev–Trinajstić information content (AvgIpc) is 2.71. The van der Waals surface area contributed by atoms with Crippen LogP contribution in [0.4, 0.5) is 11.4 Å². The topological polar surface area (TPSA) is 84.5 Å². The van der Waals surface area contributed by atoms with Gasteiger partial charge in [-0.3, -0.25) is 14.4 Å². The van der Waals surface area contributed by atoms with E-state index in [0.29, 0.717) is 28.3 Å².